The van der Waals surface area contributed by atoms with E-state index in [2.05, 4.69) is 6.92 Å². The molecule has 0 fully saturated rings. The molecule has 2 amide bonds. The Bertz CT molecular complexity index is 318. The Labute approximate surface area is 142 Å². The number of unbranched alkanes of at least 4 members (excludes halogenated alkanes) is 8. The van der Waals surface area contributed by atoms with Crippen molar-refractivity contribution < 1.29 is 18.2 Å². The van der Waals surface area contributed by atoms with E-state index in [0.29, 0.717) is 17.4 Å². The molecule has 0 spiro atoms. The third kappa shape index (κ3) is 12.3. The summed E-state index contributed by atoms with van der Waals surface area (Å²) in [5.74, 6) is -0.0219. The number of nitrogens with zero attached hydrogens (tertiary/aromatic N) is 2. The van der Waals surface area contributed by atoms with Crippen LogP contribution in [0.15, 0.2) is 0 Å². The van der Waals surface area contributed by atoms with Crippen molar-refractivity contribution in [3.05, 3.63) is 0 Å². The van der Waals surface area contributed by atoms with Crippen LogP contribution >= 0.6 is 22.0 Å². The molecule has 0 aromatic rings. The van der Waals surface area contributed by atoms with Crippen molar-refractivity contribution in [3.63, 3.8) is 0 Å². The van der Waals surface area contributed by atoms with Crippen LogP contribution < -0.4 is 0 Å². The Morgan fingerprint density at radius 3 is 2.09 bits per heavy atom. The fraction of sp³-hybridized carbons (Fsp3) is 0.867. The third-order valence-corrected chi connectivity index (χ3v) is 5.94. The Kier molecular flexibility index (Phi) is 13.0. The monoisotopic (exact) mass is 353 g/mol. The highest BCUT2D eigenvalue weighted by atomic mass is 33.1. The Morgan fingerprint density at radius 2 is 1.59 bits per heavy atom. The molecular formula is C15H30FN2O2S2+. The topological polar surface area (TPSA) is 37.4 Å². The summed E-state index contributed by atoms with van der Waals surface area (Å²) in [6, 6.07) is 0. The molecule has 0 rings (SSSR count). The number of hydrogen-bond acceptors (Lipinski definition) is 4. The number of carbonyl (C=O) groups excluding carboxylic acids is 2. The largest absolute Gasteiger partial charge is 0.351 e. The van der Waals surface area contributed by atoms with Crippen molar-refractivity contribution in [3.8, 4) is 0 Å². The van der Waals surface area contributed by atoms with Gasteiger partial charge in [0.2, 0.25) is 16.9 Å². The molecule has 22 heavy (non-hydrogen) atoms. The van der Waals surface area contributed by atoms with Crippen molar-refractivity contribution in [1.29, 1.82) is 0 Å². The number of halogens is 1. The van der Waals surface area contributed by atoms with Crippen LogP contribution in [-0.2, 0) is 9.59 Å². The van der Waals surface area contributed by atoms with Gasteiger partial charge in [0, 0.05) is 17.9 Å². The van der Waals surface area contributed by atoms with E-state index in [0.717, 1.165) is 30.9 Å². The first-order chi connectivity index (χ1) is 10.4. The second-order valence-corrected chi connectivity index (χ2v) is 8.06. The number of amides is 2. The van der Waals surface area contributed by atoms with E-state index in [1.807, 2.05) is 0 Å². The van der Waals surface area contributed by atoms with E-state index in [-0.39, 0.29) is 12.3 Å². The molecule has 7 heteroatoms. The molecule has 0 aromatic heterocycles. The maximum atomic E-state index is 13.3. The van der Waals surface area contributed by atoms with Crippen molar-refractivity contribution in [1.82, 2.24) is 4.31 Å². The van der Waals surface area contributed by atoms with Gasteiger partial charge in [0.25, 0.3) is 0 Å². The van der Waals surface area contributed by atoms with Crippen LogP contribution in [0.3, 0.4) is 0 Å². The number of rotatable bonds is 14. The van der Waals surface area contributed by atoms with Crippen molar-refractivity contribution in [2.45, 2.75) is 71.1 Å². The lowest BCUT2D eigenvalue weighted by Crippen LogP contribution is -2.25. The van der Waals surface area contributed by atoms with E-state index in [9.17, 15) is 14.1 Å². The molecule has 130 valence electrons. The van der Waals surface area contributed by atoms with Gasteiger partial charge in [-0.1, -0.05) is 58.3 Å². The molecule has 0 aromatic carbocycles. The fourth-order valence-electron chi connectivity index (χ4n) is 1.92. The highest BCUT2D eigenvalue weighted by molar-refractivity contribution is 8.73. The second-order valence-electron chi connectivity index (χ2n) is 5.61. The Balaban J connectivity index is 3.54. The summed E-state index contributed by atoms with van der Waals surface area (Å²) in [6.07, 6.45) is 11.6. The molecule has 0 bridgehead atoms. The zero-order valence-electron chi connectivity index (χ0n) is 14.1. The lowest BCUT2D eigenvalue weighted by molar-refractivity contribution is -0.841. The second kappa shape index (κ2) is 13.2. The minimum atomic E-state index is -1.32. The summed E-state index contributed by atoms with van der Waals surface area (Å²) in [5.41, 5.74) is 0. The fourth-order valence-corrected chi connectivity index (χ4v) is 3.40. The van der Waals surface area contributed by atoms with Gasteiger partial charge >= 0.3 is 6.41 Å². The van der Waals surface area contributed by atoms with Gasteiger partial charge in [0.1, 0.15) is 7.05 Å². The smallest absolute Gasteiger partial charge is 0.276 e. The Morgan fingerprint density at radius 1 is 1.09 bits per heavy atom. The van der Waals surface area contributed by atoms with Gasteiger partial charge < -0.3 is 0 Å². The molecule has 0 aliphatic carbocycles. The summed E-state index contributed by atoms with van der Waals surface area (Å²) in [5, 5.41) is 0. The van der Waals surface area contributed by atoms with Crippen molar-refractivity contribution >= 4 is 34.3 Å². The molecule has 4 nitrogen and oxygen atoms in total. The predicted octanol–water partition coefficient (Wildman–Crippen LogP) is 5.06. The van der Waals surface area contributed by atoms with E-state index in [1.165, 1.54) is 49.3 Å². The first-order valence-corrected chi connectivity index (χ1v) is 10.1. The van der Waals surface area contributed by atoms with Gasteiger partial charge in [0.05, 0.1) is 11.0 Å². The molecule has 0 saturated heterocycles. The molecule has 0 aliphatic heterocycles. The number of hydrogen-bond donors (Lipinski definition) is 0. The lowest BCUT2D eigenvalue weighted by atomic mass is 10.1. The van der Waals surface area contributed by atoms with Gasteiger partial charge in [0.15, 0.2) is 0 Å². The van der Waals surface area contributed by atoms with E-state index < -0.39 is 4.11 Å². The molecule has 0 N–H and O–H groups in total. The van der Waals surface area contributed by atoms with Gasteiger partial charge in [-0.15, -0.1) is 0 Å². The molecule has 1 unspecified atom stereocenters. The molecule has 0 radical (unpaired) electrons. The standard InChI is InChI=1S/C15H30FN2O2S2/c1-4-5-6-7-8-9-10-11-12-13-15(20)17(2)21-22-18(3,16)14-19/h14H,4-13H2,1-3H3/q+1. The normalized spacial score (nSPS) is 13.6. The number of carbonyl (C=O) groups is 2. The van der Waals surface area contributed by atoms with E-state index in [1.54, 1.807) is 7.05 Å². The molecular weight excluding hydrogens is 323 g/mol. The maximum absolute atomic E-state index is 13.3. The van der Waals surface area contributed by atoms with Crippen LogP contribution in [0.5, 0.6) is 0 Å². The SMILES string of the molecule is CCCCCCCCCCCC(=O)N(C)SS[N+](C)(F)C=O. The average molecular weight is 354 g/mol. The van der Waals surface area contributed by atoms with Crippen molar-refractivity contribution in [2.75, 3.05) is 14.1 Å². The van der Waals surface area contributed by atoms with E-state index in [4.69, 9.17) is 0 Å². The molecule has 0 saturated carbocycles. The lowest BCUT2D eigenvalue weighted by Gasteiger charge is -2.16. The van der Waals surface area contributed by atoms with Crippen LogP contribution in [0, 0.1) is 0 Å². The average Bonchev–Trinajstić information content (AvgIpc) is 2.50. The summed E-state index contributed by atoms with van der Waals surface area (Å²) in [7, 11) is 4.40. The minimum Gasteiger partial charge on any atom is -0.276 e. The van der Waals surface area contributed by atoms with Crippen LogP contribution in [-0.4, -0.2) is 34.8 Å². The highest BCUT2D eigenvalue weighted by Crippen LogP contribution is 2.33. The molecule has 0 aliphatic rings. The first-order valence-electron chi connectivity index (χ1n) is 8.08. The highest BCUT2D eigenvalue weighted by Gasteiger charge is 2.27. The van der Waals surface area contributed by atoms with Crippen LogP contribution in [0.2, 0.25) is 0 Å². The quantitative estimate of drug-likeness (QED) is 0.144. The Hall–Kier alpha value is -0.270. The summed E-state index contributed by atoms with van der Waals surface area (Å²) < 4.78 is 13.4. The van der Waals surface area contributed by atoms with Crippen LogP contribution in [0.25, 0.3) is 0 Å². The number of quaternary nitrogens is 1. The molecule has 1 atom stereocenters. The van der Waals surface area contributed by atoms with Crippen molar-refractivity contribution in [2.24, 2.45) is 0 Å². The van der Waals surface area contributed by atoms with Crippen LogP contribution in [0.1, 0.15) is 71.1 Å². The van der Waals surface area contributed by atoms with Gasteiger partial charge in [-0.25, -0.2) is 4.79 Å². The summed E-state index contributed by atoms with van der Waals surface area (Å²) in [6.45, 7) is 2.22. The summed E-state index contributed by atoms with van der Waals surface area (Å²) >= 11 is 0. The third-order valence-electron chi connectivity index (χ3n) is 3.32. The zero-order chi connectivity index (χ0) is 16.8. The maximum Gasteiger partial charge on any atom is 0.351 e. The first kappa shape index (κ1) is 21.7. The minimum absolute atomic E-state index is 0.0219. The molecule has 0 heterocycles. The van der Waals surface area contributed by atoms with Gasteiger partial charge in [-0.2, -0.15) is 0 Å². The zero-order valence-corrected chi connectivity index (χ0v) is 15.7. The van der Waals surface area contributed by atoms with Crippen LogP contribution in [0.4, 0.5) is 4.48 Å². The van der Waals surface area contributed by atoms with Gasteiger partial charge in [-0.05, 0) is 10.5 Å². The van der Waals surface area contributed by atoms with E-state index >= 15 is 0 Å². The predicted molar refractivity (Wildman–Crippen MR) is 93.2 cm³/mol. The summed E-state index contributed by atoms with van der Waals surface area (Å²) in [4.78, 5) is 22.3. The van der Waals surface area contributed by atoms with Gasteiger partial charge in [-0.3, -0.25) is 9.10 Å².